The van der Waals surface area contributed by atoms with Gasteiger partial charge in [0.15, 0.2) is 9.84 Å². The van der Waals surface area contributed by atoms with Crippen LogP contribution in [0.3, 0.4) is 0 Å². The van der Waals surface area contributed by atoms with Gasteiger partial charge in [-0.2, -0.15) is 0 Å². The van der Waals surface area contributed by atoms with Gasteiger partial charge in [-0.3, -0.25) is 0 Å². The molecule has 2 N–H and O–H groups in total. The van der Waals surface area contributed by atoms with Gasteiger partial charge in [-0.1, -0.05) is 23.7 Å². The third-order valence-corrected chi connectivity index (χ3v) is 7.00. The molecule has 0 heterocycles. The van der Waals surface area contributed by atoms with Crippen LogP contribution >= 0.6 is 11.6 Å². The van der Waals surface area contributed by atoms with Crippen LogP contribution in [0.2, 0.25) is 5.02 Å². The Balaban J connectivity index is 2.07. The van der Waals surface area contributed by atoms with E-state index in [9.17, 15) is 17.6 Å². The van der Waals surface area contributed by atoms with Crippen LogP contribution in [0.25, 0.3) is 0 Å². The van der Waals surface area contributed by atoms with Crippen LogP contribution in [0, 0.1) is 5.82 Å². The number of nitrogens with two attached hydrogens (primary N) is 1. The highest BCUT2D eigenvalue weighted by molar-refractivity contribution is 7.92. The lowest BCUT2D eigenvalue weighted by molar-refractivity contribution is -0.145. The molecule has 2 aromatic rings. The molecular weight excluding hydrogens is 381 g/mol. The van der Waals surface area contributed by atoms with Gasteiger partial charge in [-0.25, -0.2) is 17.6 Å². The average molecular weight is 398 g/mol. The summed E-state index contributed by atoms with van der Waals surface area (Å²) in [6, 6.07) is 11.0. The van der Waals surface area contributed by atoms with Crippen molar-refractivity contribution in [2.24, 2.45) is 5.73 Å². The van der Waals surface area contributed by atoms with Crippen LogP contribution in [0.4, 0.5) is 4.39 Å². The molecule has 8 heteroatoms. The average Bonchev–Trinajstić information content (AvgIpc) is 3.24. The van der Waals surface area contributed by atoms with Crippen molar-refractivity contribution >= 4 is 27.4 Å². The summed E-state index contributed by atoms with van der Waals surface area (Å²) in [7, 11) is -3.97. The van der Waals surface area contributed by atoms with E-state index in [1.165, 1.54) is 42.5 Å². The normalized spacial score (nSPS) is 24.9. The molecule has 0 saturated heterocycles. The summed E-state index contributed by atoms with van der Waals surface area (Å²) >= 11 is 5.81. The number of sulfone groups is 1. The molecular formula is C18H17ClFNO4S. The standard InChI is InChI=1S/C18H17ClFNO4S/c1-2-25-17(22)18(21)15(11-4-3-5-13(20)10-11)16(18)26(23,24)14-8-6-12(19)7-9-14/h3-10,15-16H,2,21H2,1H3/t15-,16+,18-/m0/s1. The Bertz CT molecular complexity index is 948. The molecule has 0 amide bonds. The molecule has 0 unspecified atom stereocenters. The number of hydrogen-bond donors (Lipinski definition) is 1. The monoisotopic (exact) mass is 397 g/mol. The second-order valence-corrected chi connectivity index (χ2v) is 8.61. The Hall–Kier alpha value is -1.96. The third-order valence-electron chi connectivity index (χ3n) is 4.49. The van der Waals surface area contributed by atoms with Gasteiger partial charge in [-0.05, 0) is 48.9 Å². The molecule has 1 aliphatic carbocycles. The highest BCUT2D eigenvalue weighted by Crippen LogP contribution is 2.56. The van der Waals surface area contributed by atoms with Crippen molar-refractivity contribution in [2.75, 3.05) is 6.61 Å². The number of halogens is 2. The number of ether oxygens (including phenoxy) is 1. The predicted octanol–water partition coefficient (Wildman–Crippen LogP) is 2.68. The van der Waals surface area contributed by atoms with E-state index in [-0.39, 0.29) is 11.5 Å². The molecule has 1 aliphatic rings. The molecule has 3 atom stereocenters. The zero-order valence-electron chi connectivity index (χ0n) is 13.9. The first-order valence-corrected chi connectivity index (χ1v) is 9.86. The lowest BCUT2D eigenvalue weighted by atomic mass is 10.1. The van der Waals surface area contributed by atoms with E-state index in [0.717, 1.165) is 0 Å². The molecule has 5 nitrogen and oxygen atoms in total. The second kappa shape index (κ2) is 6.64. The smallest absolute Gasteiger partial charge is 0.328 e. The molecule has 0 aliphatic heterocycles. The number of esters is 1. The van der Waals surface area contributed by atoms with Crippen LogP contribution in [0.5, 0.6) is 0 Å². The molecule has 2 aromatic carbocycles. The summed E-state index contributed by atoms with van der Waals surface area (Å²) in [5, 5.41) is -0.872. The van der Waals surface area contributed by atoms with Crippen molar-refractivity contribution in [1.82, 2.24) is 0 Å². The zero-order valence-corrected chi connectivity index (χ0v) is 15.4. The summed E-state index contributed by atoms with van der Waals surface area (Å²) in [5.41, 5.74) is 4.76. The van der Waals surface area contributed by atoms with E-state index in [2.05, 4.69) is 0 Å². The summed E-state index contributed by atoms with van der Waals surface area (Å²) < 4.78 is 44.8. The molecule has 138 valence electrons. The molecule has 26 heavy (non-hydrogen) atoms. The van der Waals surface area contributed by atoms with Crippen LogP contribution in [0.15, 0.2) is 53.4 Å². The van der Waals surface area contributed by atoms with Crippen molar-refractivity contribution < 1.29 is 22.3 Å². The van der Waals surface area contributed by atoms with Crippen molar-refractivity contribution in [3.05, 3.63) is 64.9 Å². The largest absolute Gasteiger partial charge is 0.465 e. The Labute approximate surface area is 155 Å². The minimum Gasteiger partial charge on any atom is -0.465 e. The van der Waals surface area contributed by atoms with Gasteiger partial charge in [-0.15, -0.1) is 0 Å². The first kappa shape index (κ1) is 18.8. The fourth-order valence-electron chi connectivity index (χ4n) is 3.23. The molecule has 0 radical (unpaired) electrons. The number of carbonyl (C=O) groups excluding carboxylic acids is 1. The van der Waals surface area contributed by atoms with E-state index in [1.54, 1.807) is 13.0 Å². The van der Waals surface area contributed by atoms with Gasteiger partial charge in [0.05, 0.1) is 11.5 Å². The van der Waals surface area contributed by atoms with Gasteiger partial charge in [0.2, 0.25) is 0 Å². The number of rotatable bonds is 5. The summed E-state index contributed by atoms with van der Waals surface area (Å²) in [6.45, 7) is 1.66. The molecule has 1 saturated carbocycles. The third kappa shape index (κ3) is 3.00. The molecule has 3 rings (SSSR count). The molecule has 1 fully saturated rings. The predicted molar refractivity (Wildman–Crippen MR) is 95.1 cm³/mol. The fraction of sp³-hybridized carbons (Fsp3) is 0.278. The first-order chi connectivity index (χ1) is 12.2. The maximum absolute atomic E-state index is 13.6. The Morgan fingerprint density at radius 1 is 1.27 bits per heavy atom. The maximum atomic E-state index is 13.6. The van der Waals surface area contributed by atoms with E-state index < -0.39 is 38.3 Å². The minimum atomic E-state index is -3.97. The summed E-state index contributed by atoms with van der Waals surface area (Å²) in [4.78, 5) is 12.4. The Kier molecular flexibility index (Phi) is 4.81. The number of benzene rings is 2. The van der Waals surface area contributed by atoms with Gasteiger partial charge in [0.1, 0.15) is 16.6 Å². The van der Waals surface area contributed by atoms with Gasteiger partial charge in [0, 0.05) is 10.9 Å². The van der Waals surface area contributed by atoms with Crippen LogP contribution in [-0.2, 0) is 19.4 Å². The topological polar surface area (TPSA) is 86.5 Å². The second-order valence-electron chi connectivity index (χ2n) is 6.11. The summed E-state index contributed by atoms with van der Waals surface area (Å²) in [6.07, 6.45) is 0. The molecule has 0 spiro atoms. The zero-order chi connectivity index (χ0) is 19.1. The number of carbonyl (C=O) groups is 1. The first-order valence-electron chi connectivity index (χ1n) is 7.94. The van der Waals surface area contributed by atoms with Crippen molar-refractivity contribution in [3.8, 4) is 0 Å². The van der Waals surface area contributed by atoms with Crippen LogP contribution in [0.1, 0.15) is 18.4 Å². The van der Waals surface area contributed by atoms with E-state index in [0.29, 0.717) is 10.6 Å². The number of hydrogen-bond acceptors (Lipinski definition) is 5. The Morgan fingerprint density at radius 3 is 2.50 bits per heavy atom. The van der Waals surface area contributed by atoms with Gasteiger partial charge in [0.25, 0.3) is 0 Å². The van der Waals surface area contributed by atoms with Gasteiger partial charge < -0.3 is 10.5 Å². The highest BCUT2D eigenvalue weighted by Gasteiger charge is 2.74. The van der Waals surface area contributed by atoms with Crippen LogP contribution in [-0.4, -0.2) is 31.8 Å². The SMILES string of the molecule is CCOC(=O)[C@@]1(N)[C@H](S(=O)(=O)c2ccc(Cl)cc2)[C@@H]1c1cccc(F)c1. The molecule has 0 aromatic heterocycles. The van der Waals surface area contributed by atoms with E-state index in [4.69, 9.17) is 22.1 Å². The quantitative estimate of drug-likeness (QED) is 0.784. The maximum Gasteiger partial charge on any atom is 0.328 e. The van der Waals surface area contributed by atoms with Crippen molar-refractivity contribution in [2.45, 2.75) is 28.5 Å². The fourth-order valence-corrected chi connectivity index (χ4v) is 5.58. The van der Waals surface area contributed by atoms with Crippen molar-refractivity contribution in [1.29, 1.82) is 0 Å². The van der Waals surface area contributed by atoms with E-state index >= 15 is 0 Å². The van der Waals surface area contributed by atoms with Crippen molar-refractivity contribution in [3.63, 3.8) is 0 Å². The lowest BCUT2D eigenvalue weighted by Crippen LogP contribution is -2.41. The van der Waals surface area contributed by atoms with Gasteiger partial charge >= 0.3 is 5.97 Å². The molecule has 0 bridgehead atoms. The lowest BCUT2D eigenvalue weighted by Gasteiger charge is -2.11. The summed E-state index contributed by atoms with van der Waals surface area (Å²) in [5.74, 6) is -2.27. The highest BCUT2D eigenvalue weighted by atomic mass is 35.5. The van der Waals surface area contributed by atoms with E-state index in [1.807, 2.05) is 0 Å². The van der Waals surface area contributed by atoms with Crippen LogP contribution < -0.4 is 5.73 Å². The minimum absolute atomic E-state index is 0.00933. The Morgan fingerprint density at radius 2 is 1.92 bits per heavy atom.